The number of hydrogen-bond donors (Lipinski definition) is 1. The minimum Gasteiger partial charge on any atom is -0.490 e. The van der Waals surface area contributed by atoms with Crippen molar-refractivity contribution in [2.45, 2.75) is 20.8 Å². The number of anilines is 1. The van der Waals surface area contributed by atoms with Crippen molar-refractivity contribution in [3.63, 3.8) is 0 Å². The van der Waals surface area contributed by atoms with Crippen LogP contribution < -0.4 is 19.5 Å². The summed E-state index contributed by atoms with van der Waals surface area (Å²) in [6.45, 7) is 6.58. The van der Waals surface area contributed by atoms with Crippen LogP contribution in [-0.4, -0.2) is 51.9 Å². The number of benzene rings is 2. The predicted octanol–water partition coefficient (Wildman–Crippen LogP) is 3.71. The Morgan fingerprint density at radius 3 is 1.56 bits per heavy atom. The van der Waals surface area contributed by atoms with E-state index in [1.165, 1.54) is 44.6 Å². The summed E-state index contributed by atoms with van der Waals surface area (Å²) in [5, 5.41) is 2.68. The van der Waals surface area contributed by atoms with Gasteiger partial charge in [-0.1, -0.05) is 0 Å². The summed E-state index contributed by atoms with van der Waals surface area (Å²) in [6.07, 6.45) is 0. The molecule has 0 fully saturated rings. The van der Waals surface area contributed by atoms with Gasteiger partial charge >= 0.3 is 11.9 Å². The normalized spacial score (nSPS) is 10.2. The summed E-state index contributed by atoms with van der Waals surface area (Å²) in [7, 11) is 2.44. The Morgan fingerprint density at radius 2 is 1.16 bits per heavy atom. The fraction of sp³-hybridized carbons (Fsp3) is 0.348. The van der Waals surface area contributed by atoms with E-state index < -0.39 is 17.8 Å². The van der Waals surface area contributed by atoms with Crippen molar-refractivity contribution in [3.8, 4) is 17.2 Å². The minimum absolute atomic E-state index is 0.0856. The average Bonchev–Trinajstić information content (AvgIpc) is 2.79. The molecule has 9 nitrogen and oxygen atoms in total. The Bertz CT molecular complexity index is 925. The number of esters is 2. The molecule has 0 aliphatic rings. The van der Waals surface area contributed by atoms with Crippen molar-refractivity contribution in [1.29, 1.82) is 0 Å². The summed E-state index contributed by atoms with van der Waals surface area (Å²) in [6, 6.07) is 7.20. The van der Waals surface area contributed by atoms with Crippen LogP contribution in [0.3, 0.4) is 0 Å². The molecule has 172 valence electrons. The molecule has 0 heterocycles. The third-order valence-corrected chi connectivity index (χ3v) is 4.20. The summed E-state index contributed by atoms with van der Waals surface area (Å²) in [5.41, 5.74) is 0.622. The van der Waals surface area contributed by atoms with E-state index in [0.717, 1.165) is 0 Å². The zero-order valence-electron chi connectivity index (χ0n) is 18.8. The molecule has 0 saturated heterocycles. The molecule has 0 unspecified atom stereocenters. The van der Waals surface area contributed by atoms with Gasteiger partial charge in [-0.3, -0.25) is 4.79 Å². The monoisotopic (exact) mass is 445 g/mol. The lowest BCUT2D eigenvalue weighted by atomic mass is 10.1. The van der Waals surface area contributed by atoms with Crippen LogP contribution in [0.5, 0.6) is 17.2 Å². The Kier molecular flexibility index (Phi) is 8.88. The highest BCUT2D eigenvalue weighted by molar-refractivity contribution is 6.06. The maximum Gasteiger partial charge on any atom is 0.337 e. The second-order valence-electron chi connectivity index (χ2n) is 6.34. The number of nitrogens with one attached hydrogen (secondary N) is 1. The van der Waals surface area contributed by atoms with E-state index in [4.69, 9.17) is 23.7 Å². The summed E-state index contributed by atoms with van der Waals surface area (Å²) >= 11 is 0. The van der Waals surface area contributed by atoms with Gasteiger partial charge in [-0.05, 0) is 51.1 Å². The topological polar surface area (TPSA) is 109 Å². The molecule has 2 aromatic carbocycles. The highest BCUT2D eigenvalue weighted by Gasteiger charge is 2.20. The highest BCUT2D eigenvalue weighted by Crippen LogP contribution is 2.39. The largest absolute Gasteiger partial charge is 0.490 e. The molecule has 2 rings (SSSR count). The number of carbonyl (C=O) groups excluding carboxylic acids is 3. The van der Waals surface area contributed by atoms with E-state index in [1.54, 1.807) is 0 Å². The van der Waals surface area contributed by atoms with E-state index >= 15 is 0 Å². The molecule has 2 aromatic rings. The van der Waals surface area contributed by atoms with Crippen LogP contribution in [0, 0.1) is 0 Å². The zero-order valence-corrected chi connectivity index (χ0v) is 18.8. The van der Waals surface area contributed by atoms with Crippen LogP contribution >= 0.6 is 0 Å². The molecular weight excluding hydrogens is 418 g/mol. The molecular formula is C23H27NO8. The van der Waals surface area contributed by atoms with E-state index in [9.17, 15) is 14.4 Å². The van der Waals surface area contributed by atoms with E-state index in [-0.39, 0.29) is 22.4 Å². The molecule has 0 saturated carbocycles. The van der Waals surface area contributed by atoms with E-state index in [1.807, 2.05) is 20.8 Å². The van der Waals surface area contributed by atoms with Gasteiger partial charge in [0, 0.05) is 11.3 Å². The molecule has 9 heteroatoms. The van der Waals surface area contributed by atoms with Gasteiger partial charge in [0.1, 0.15) is 0 Å². The van der Waals surface area contributed by atoms with Crippen LogP contribution in [-0.2, 0) is 9.47 Å². The van der Waals surface area contributed by atoms with Crippen molar-refractivity contribution in [3.05, 3.63) is 47.0 Å². The lowest BCUT2D eigenvalue weighted by Crippen LogP contribution is -2.15. The Hall–Kier alpha value is -3.75. The molecule has 0 aromatic heterocycles. The number of amides is 1. The van der Waals surface area contributed by atoms with Gasteiger partial charge in [-0.25, -0.2) is 9.59 Å². The van der Waals surface area contributed by atoms with Crippen molar-refractivity contribution in [2.75, 3.05) is 39.4 Å². The first-order valence-corrected chi connectivity index (χ1v) is 10.1. The zero-order chi connectivity index (χ0) is 23.7. The minimum atomic E-state index is -0.662. The third kappa shape index (κ3) is 5.90. The molecule has 0 spiro atoms. The van der Waals surface area contributed by atoms with Gasteiger partial charge in [0.2, 0.25) is 5.75 Å². The summed E-state index contributed by atoms with van der Waals surface area (Å²) in [4.78, 5) is 37.0. The second kappa shape index (κ2) is 11.6. The molecule has 0 bridgehead atoms. The van der Waals surface area contributed by atoms with Crippen LogP contribution in [0.4, 0.5) is 5.69 Å². The third-order valence-electron chi connectivity index (χ3n) is 4.20. The van der Waals surface area contributed by atoms with Crippen LogP contribution in [0.1, 0.15) is 51.8 Å². The van der Waals surface area contributed by atoms with Crippen molar-refractivity contribution in [1.82, 2.24) is 0 Å². The second-order valence-corrected chi connectivity index (χ2v) is 6.34. The lowest BCUT2D eigenvalue weighted by molar-refractivity contribution is 0.0599. The lowest BCUT2D eigenvalue weighted by Gasteiger charge is -2.17. The maximum atomic E-state index is 13.0. The number of ether oxygens (including phenoxy) is 5. The fourth-order valence-electron chi connectivity index (χ4n) is 2.89. The quantitative estimate of drug-likeness (QED) is 0.551. The van der Waals surface area contributed by atoms with Gasteiger partial charge in [-0.2, -0.15) is 0 Å². The molecule has 1 N–H and O–H groups in total. The van der Waals surface area contributed by atoms with Gasteiger partial charge in [0.25, 0.3) is 5.91 Å². The Labute approximate surface area is 186 Å². The number of hydrogen-bond acceptors (Lipinski definition) is 8. The van der Waals surface area contributed by atoms with Crippen molar-refractivity contribution >= 4 is 23.5 Å². The maximum absolute atomic E-state index is 13.0. The first kappa shape index (κ1) is 24.5. The Morgan fingerprint density at radius 1 is 0.688 bits per heavy atom. The van der Waals surface area contributed by atoms with Crippen LogP contribution in [0.25, 0.3) is 0 Å². The molecule has 1 amide bonds. The van der Waals surface area contributed by atoms with Gasteiger partial charge < -0.3 is 29.0 Å². The molecule has 0 aliphatic carbocycles. The van der Waals surface area contributed by atoms with Gasteiger partial charge in [-0.15, -0.1) is 0 Å². The SMILES string of the molecule is CCOc1cc(C(=O)Nc2cc(C(=O)OC)cc(C(=O)OC)c2)cc(OCC)c1OCC. The smallest absolute Gasteiger partial charge is 0.337 e. The van der Waals surface area contributed by atoms with Crippen LogP contribution in [0.2, 0.25) is 0 Å². The van der Waals surface area contributed by atoms with Crippen molar-refractivity contribution in [2.24, 2.45) is 0 Å². The molecule has 0 atom stereocenters. The van der Waals surface area contributed by atoms with E-state index in [2.05, 4.69) is 5.32 Å². The standard InChI is InChI=1S/C23H27NO8/c1-6-30-18-12-14(13-19(31-7-2)20(18)32-8-3)21(25)24-17-10-15(22(26)28-4)9-16(11-17)23(27)29-5/h9-13H,6-8H2,1-5H3,(H,24,25). The van der Waals surface area contributed by atoms with Gasteiger partial charge in [0.05, 0.1) is 45.2 Å². The average molecular weight is 445 g/mol. The van der Waals surface area contributed by atoms with Crippen molar-refractivity contribution < 1.29 is 38.1 Å². The highest BCUT2D eigenvalue weighted by atomic mass is 16.5. The molecule has 32 heavy (non-hydrogen) atoms. The van der Waals surface area contributed by atoms with Gasteiger partial charge in [0.15, 0.2) is 11.5 Å². The predicted molar refractivity (Wildman–Crippen MR) is 117 cm³/mol. The first-order chi connectivity index (χ1) is 15.4. The molecule has 0 aliphatic heterocycles. The van der Waals surface area contributed by atoms with E-state index in [0.29, 0.717) is 37.1 Å². The fourth-order valence-corrected chi connectivity index (χ4v) is 2.89. The Balaban J connectivity index is 2.47. The number of methoxy groups -OCH3 is 2. The number of carbonyl (C=O) groups is 3. The van der Waals surface area contributed by atoms with Crippen LogP contribution in [0.15, 0.2) is 30.3 Å². The number of rotatable bonds is 10. The molecule has 0 radical (unpaired) electrons. The summed E-state index contributed by atoms with van der Waals surface area (Å²) < 4.78 is 26.4. The first-order valence-electron chi connectivity index (χ1n) is 10.1. The summed E-state index contributed by atoms with van der Waals surface area (Å²) in [5.74, 6) is -0.691.